The van der Waals surface area contributed by atoms with Crippen molar-refractivity contribution in [1.29, 1.82) is 0 Å². The number of carbonyl (C=O) groups excluding carboxylic acids is 1. The summed E-state index contributed by atoms with van der Waals surface area (Å²) in [6, 6.07) is 5.10. The summed E-state index contributed by atoms with van der Waals surface area (Å²) < 4.78 is 0.650. The lowest BCUT2D eigenvalue weighted by Gasteiger charge is -2.20. The van der Waals surface area contributed by atoms with Crippen LogP contribution in [0.5, 0.6) is 0 Å². The van der Waals surface area contributed by atoms with Gasteiger partial charge in [-0.25, -0.2) is 0 Å². The van der Waals surface area contributed by atoms with Crippen LogP contribution in [0.2, 0.25) is 5.02 Å². The van der Waals surface area contributed by atoms with Crippen molar-refractivity contribution in [3.63, 3.8) is 0 Å². The maximum Gasteiger partial charge on any atom is 0.254 e. The molecular formula is C15H16BrClN2O3. The first-order valence-electron chi connectivity index (χ1n) is 6.74. The minimum atomic E-state index is -0.242. The van der Waals surface area contributed by atoms with E-state index in [1.807, 2.05) is 0 Å². The summed E-state index contributed by atoms with van der Waals surface area (Å²) >= 11 is 9.45. The molecule has 1 unspecified atom stereocenters. The van der Waals surface area contributed by atoms with Crippen LogP contribution < -0.4 is 11.1 Å². The second kappa shape index (κ2) is 8.22. The van der Waals surface area contributed by atoms with Gasteiger partial charge in [-0.1, -0.05) is 17.7 Å². The van der Waals surface area contributed by atoms with Crippen LogP contribution in [0, 0.1) is 0 Å². The zero-order chi connectivity index (χ0) is 15.9. The van der Waals surface area contributed by atoms with Gasteiger partial charge in [-0.15, -0.1) is 0 Å². The number of benzene rings is 1. The number of halogens is 2. The Hall–Kier alpha value is -1.50. The molecule has 0 saturated heterocycles. The standard InChI is InChI=1S/C15H16BrClN2O3/c16-12-2-1-3-13(17)14(12)15(20)19-11(4-6-18)8-10-5-7-21-22-9-10/h1-3,5,7,9,11H,4,6,8,18H2,(H,19,20). The maximum absolute atomic E-state index is 12.5. The zero-order valence-corrected chi connectivity index (χ0v) is 14.1. The number of hydrogen-bond donors (Lipinski definition) is 2. The molecule has 5 nitrogen and oxygen atoms in total. The molecule has 2 rings (SSSR count). The third-order valence-electron chi connectivity index (χ3n) is 3.11. The van der Waals surface area contributed by atoms with Crippen molar-refractivity contribution < 1.29 is 14.6 Å². The first kappa shape index (κ1) is 16.9. The minimum Gasteiger partial charge on any atom is -0.349 e. The Morgan fingerprint density at radius 1 is 1.41 bits per heavy atom. The van der Waals surface area contributed by atoms with E-state index < -0.39 is 0 Å². The Bertz CT molecular complexity index is 584. The van der Waals surface area contributed by atoms with Crippen LogP contribution in [-0.4, -0.2) is 18.5 Å². The van der Waals surface area contributed by atoms with E-state index in [0.717, 1.165) is 5.57 Å². The normalized spacial score (nSPS) is 14.6. The molecule has 22 heavy (non-hydrogen) atoms. The van der Waals surface area contributed by atoms with Crippen LogP contribution >= 0.6 is 27.5 Å². The zero-order valence-electron chi connectivity index (χ0n) is 11.7. The number of nitrogens with one attached hydrogen (secondary N) is 1. The smallest absolute Gasteiger partial charge is 0.254 e. The highest BCUT2D eigenvalue weighted by Crippen LogP contribution is 2.25. The summed E-state index contributed by atoms with van der Waals surface area (Å²) in [5, 5.41) is 3.35. The molecule has 0 aromatic heterocycles. The topological polar surface area (TPSA) is 73.6 Å². The monoisotopic (exact) mass is 386 g/mol. The van der Waals surface area contributed by atoms with Crippen molar-refractivity contribution in [2.45, 2.75) is 18.9 Å². The molecule has 0 saturated carbocycles. The van der Waals surface area contributed by atoms with E-state index in [1.165, 1.54) is 12.5 Å². The number of allylic oxidation sites excluding steroid dienone is 1. The SMILES string of the molecule is NCCC(CC1=COOC=C1)NC(=O)c1c(Cl)cccc1Br. The van der Waals surface area contributed by atoms with Gasteiger partial charge in [0.05, 0.1) is 10.6 Å². The Kier molecular flexibility index (Phi) is 6.30. The van der Waals surface area contributed by atoms with Gasteiger partial charge in [0.2, 0.25) is 0 Å². The van der Waals surface area contributed by atoms with Crippen LogP contribution in [0.1, 0.15) is 23.2 Å². The Labute approximate surface area is 142 Å². The lowest BCUT2D eigenvalue weighted by molar-refractivity contribution is -0.199. The first-order valence-corrected chi connectivity index (χ1v) is 7.91. The molecule has 1 aromatic rings. The largest absolute Gasteiger partial charge is 0.349 e. The van der Waals surface area contributed by atoms with Gasteiger partial charge in [-0.3, -0.25) is 14.6 Å². The van der Waals surface area contributed by atoms with Crippen molar-refractivity contribution >= 4 is 33.4 Å². The Morgan fingerprint density at radius 2 is 2.23 bits per heavy atom. The number of hydrogen-bond acceptors (Lipinski definition) is 4. The molecule has 3 N–H and O–H groups in total. The van der Waals surface area contributed by atoms with Gasteiger partial charge in [-0.05, 0) is 59.1 Å². The quantitative estimate of drug-likeness (QED) is 0.735. The van der Waals surface area contributed by atoms with E-state index in [9.17, 15) is 4.79 Å². The van der Waals surface area contributed by atoms with E-state index in [4.69, 9.17) is 22.2 Å². The Balaban J connectivity index is 2.08. The van der Waals surface area contributed by atoms with E-state index in [-0.39, 0.29) is 11.9 Å². The van der Waals surface area contributed by atoms with Gasteiger partial charge in [0.15, 0.2) is 0 Å². The van der Waals surface area contributed by atoms with Gasteiger partial charge in [-0.2, -0.15) is 0 Å². The molecule has 1 aliphatic rings. The van der Waals surface area contributed by atoms with Gasteiger partial charge >= 0.3 is 0 Å². The van der Waals surface area contributed by atoms with Crippen LogP contribution in [0.25, 0.3) is 0 Å². The van der Waals surface area contributed by atoms with Gasteiger partial charge in [0, 0.05) is 10.5 Å². The second-order valence-electron chi connectivity index (χ2n) is 4.74. The molecule has 0 fully saturated rings. The number of nitrogens with two attached hydrogens (primary N) is 1. The first-order chi connectivity index (χ1) is 10.6. The lowest BCUT2D eigenvalue weighted by atomic mass is 10.0. The van der Waals surface area contributed by atoms with Crippen LogP contribution in [0.4, 0.5) is 0 Å². The summed E-state index contributed by atoms with van der Waals surface area (Å²) in [5.74, 6) is -0.242. The molecule has 0 radical (unpaired) electrons. The third kappa shape index (κ3) is 4.50. The highest BCUT2D eigenvalue weighted by molar-refractivity contribution is 9.10. The van der Waals surface area contributed by atoms with Crippen molar-refractivity contribution in [2.24, 2.45) is 5.73 Å². The molecule has 1 heterocycles. The van der Waals surface area contributed by atoms with E-state index in [1.54, 1.807) is 24.3 Å². The summed E-state index contributed by atoms with van der Waals surface area (Å²) in [4.78, 5) is 21.9. The van der Waals surface area contributed by atoms with Crippen LogP contribution in [-0.2, 0) is 9.78 Å². The number of amides is 1. The van der Waals surface area contributed by atoms with E-state index >= 15 is 0 Å². The fourth-order valence-electron chi connectivity index (χ4n) is 2.08. The maximum atomic E-state index is 12.5. The third-order valence-corrected chi connectivity index (χ3v) is 4.09. The highest BCUT2D eigenvalue weighted by atomic mass is 79.9. The lowest BCUT2D eigenvalue weighted by Crippen LogP contribution is -2.37. The van der Waals surface area contributed by atoms with Crippen molar-refractivity contribution in [2.75, 3.05) is 6.54 Å². The summed E-state index contributed by atoms with van der Waals surface area (Å²) in [6.07, 6.45) is 5.96. The minimum absolute atomic E-state index is 0.127. The molecule has 0 spiro atoms. The second-order valence-corrected chi connectivity index (χ2v) is 6.00. The highest BCUT2D eigenvalue weighted by Gasteiger charge is 2.19. The van der Waals surface area contributed by atoms with Gasteiger partial charge in [0.1, 0.15) is 12.5 Å². The molecule has 1 atom stereocenters. The average Bonchev–Trinajstić information content (AvgIpc) is 2.48. The van der Waals surface area contributed by atoms with E-state index in [0.29, 0.717) is 34.4 Å². The van der Waals surface area contributed by atoms with Crippen molar-refractivity contribution in [3.05, 3.63) is 57.4 Å². The number of carbonyl (C=O) groups is 1. The molecule has 0 bridgehead atoms. The number of rotatable bonds is 6. The van der Waals surface area contributed by atoms with Gasteiger partial charge in [0.25, 0.3) is 5.91 Å². The predicted octanol–water partition coefficient (Wildman–Crippen LogP) is 3.30. The molecule has 118 valence electrons. The van der Waals surface area contributed by atoms with Crippen molar-refractivity contribution in [1.82, 2.24) is 5.32 Å². The molecule has 0 aliphatic carbocycles. The summed E-state index contributed by atoms with van der Waals surface area (Å²) in [5.41, 5.74) is 6.95. The fourth-order valence-corrected chi connectivity index (χ4v) is 3.00. The van der Waals surface area contributed by atoms with Crippen molar-refractivity contribution in [3.8, 4) is 0 Å². The molecule has 1 amide bonds. The average molecular weight is 388 g/mol. The fraction of sp³-hybridized carbons (Fsp3) is 0.267. The molecule has 7 heteroatoms. The summed E-state index contributed by atoms with van der Waals surface area (Å²) in [7, 11) is 0. The van der Waals surface area contributed by atoms with Crippen LogP contribution in [0.3, 0.4) is 0 Å². The Morgan fingerprint density at radius 3 is 2.86 bits per heavy atom. The molecule has 1 aromatic carbocycles. The van der Waals surface area contributed by atoms with Crippen LogP contribution in [0.15, 0.2) is 46.8 Å². The summed E-state index contributed by atoms with van der Waals surface area (Å²) in [6.45, 7) is 0.461. The molecular weight excluding hydrogens is 372 g/mol. The van der Waals surface area contributed by atoms with E-state index in [2.05, 4.69) is 26.1 Å². The predicted molar refractivity (Wildman–Crippen MR) is 88.1 cm³/mol. The molecule has 1 aliphatic heterocycles. The van der Waals surface area contributed by atoms with Gasteiger partial charge < -0.3 is 11.1 Å².